The Morgan fingerprint density at radius 1 is 0.923 bits per heavy atom. The van der Waals surface area contributed by atoms with Crippen molar-refractivity contribution in [2.24, 2.45) is 0 Å². The molecule has 2 aliphatic heterocycles. The van der Waals surface area contributed by atoms with Gasteiger partial charge in [0.05, 0.1) is 4.90 Å². The average Bonchev–Trinajstić information content (AvgIpc) is 3.31. The number of likely N-dealkylation sites (tertiary alicyclic amines) is 2. The van der Waals surface area contributed by atoms with Crippen LogP contribution in [0.5, 0.6) is 0 Å². The van der Waals surface area contributed by atoms with E-state index in [1.165, 1.54) is 4.31 Å². The molecule has 0 saturated carbocycles. The van der Waals surface area contributed by atoms with Crippen LogP contribution >= 0.6 is 0 Å². The third-order valence-electron chi connectivity index (χ3n) is 8.47. The van der Waals surface area contributed by atoms with Crippen molar-refractivity contribution in [2.45, 2.75) is 81.2 Å². The lowest BCUT2D eigenvalue weighted by molar-refractivity contribution is -0.00723. The molecule has 0 aliphatic carbocycles. The quantitative estimate of drug-likeness (QED) is 0.429. The van der Waals surface area contributed by atoms with Gasteiger partial charge in [0.25, 0.3) is 0 Å². The van der Waals surface area contributed by atoms with Gasteiger partial charge in [-0.3, -0.25) is 0 Å². The van der Waals surface area contributed by atoms with Crippen molar-refractivity contribution < 1.29 is 17.9 Å². The van der Waals surface area contributed by atoms with Gasteiger partial charge in [0, 0.05) is 44.2 Å². The minimum atomic E-state index is -3.60. The highest BCUT2D eigenvalue weighted by Crippen LogP contribution is 2.40. The summed E-state index contributed by atoms with van der Waals surface area (Å²) in [5.41, 5.74) is 0.180. The monoisotopic (exact) mass is 555 g/mol. The molecule has 8 heteroatoms. The maximum atomic E-state index is 13.3. The molecule has 1 atom stereocenters. The van der Waals surface area contributed by atoms with E-state index in [0.29, 0.717) is 11.4 Å². The first-order valence-corrected chi connectivity index (χ1v) is 15.6. The lowest BCUT2D eigenvalue weighted by atomic mass is 9.78. The van der Waals surface area contributed by atoms with E-state index in [0.717, 1.165) is 63.8 Å². The SMILES string of the molecule is CN(C[C@@](C)(CCN1CCC2(CCCN2C(=O)OC(C)(C)C)CC1)c1ccccc1)S(=O)(=O)c1ccccc1. The maximum absolute atomic E-state index is 13.3. The van der Waals surface area contributed by atoms with Crippen LogP contribution in [-0.4, -0.2) is 79.5 Å². The number of carbonyl (C=O) groups is 1. The fourth-order valence-corrected chi connectivity index (χ4v) is 7.48. The van der Waals surface area contributed by atoms with Crippen LogP contribution in [0, 0.1) is 0 Å². The second-order valence-corrected chi connectivity index (χ2v) is 14.6. The number of carbonyl (C=O) groups excluding carboxylic acids is 1. The Morgan fingerprint density at radius 3 is 2.10 bits per heavy atom. The Bertz CT molecular complexity index is 1210. The molecule has 214 valence electrons. The summed E-state index contributed by atoms with van der Waals surface area (Å²) in [5.74, 6) is 0. The molecule has 2 aromatic rings. The molecule has 1 spiro atoms. The number of hydrogen-bond acceptors (Lipinski definition) is 5. The largest absolute Gasteiger partial charge is 0.444 e. The van der Waals surface area contributed by atoms with E-state index in [9.17, 15) is 13.2 Å². The zero-order valence-electron chi connectivity index (χ0n) is 24.2. The zero-order valence-corrected chi connectivity index (χ0v) is 25.0. The van der Waals surface area contributed by atoms with E-state index in [2.05, 4.69) is 24.0 Å². The van der Waals surface area contributed by atoms with Gasteiger partial charge in [0.15, 0.2) is 0 Å². The van der Waals surface area contributed by atoms with Gasteiger partial charge >= 0.3 is 6.09 Å². The standard InChI is InChI=1S/C31H45N3O4S/c1-29(2,3)38-28(35)34-21-12-17-31(34)19-23-33(24-20-31)22-18-30(4,26-13-8-6-9-14-26)25-32(5)39(36,37)27-15-10-7-11-16-27/h6-11,13-16H,12,17-25H2,1-5H3/t30-/m1/s1. The Balaban J connectivity index is 1.43. The van der Waals surface area contributed by atoms with Gasteiger partial charge in [-0.15, -0.1) is 0 Å². The number of hydrogen-bond donors (Lipinski definition) is 0. The van der Waals surface area contributed by atoms with Crippen LogP contribution in [-0.2, 0) is 20.2 Å². The molecule has 0 N–H and O–H groups in total. The van der Waals surface area contributed by atoms with Crippen molar-refractivity contribution in [3.05, 3.63) is 66.2 Å². The third kappa shape index (κ3) is 6.84. The van der Waals surface area contributed by atoms with Gasteiger partial charge in [0.2, 0.25) is 10.0 Å². The highest BCUT2D eigenvalue weighted by atomic mass is 32.2. The topological polar surface area (TPSA) is 70.2 Å². The van der Waals surface area contributed by atoms with Crippen LogP contribution in [0.25, 0.3) is 0 Å². The van der Waals surface area contributed by atoms with E-state index in [1.807, 2.05) is 49.9 Å². The normalized spacial score (nSPS) is 19.8. The Kier molecular flexibility index (Phi) is 8.79. The fourth-order valence-electron chi connectivity index (χ4n) is 6.16. The van der Waals surface area contributed by atoms with Gasteiger partial charge in [-0.1, -0.05) is 55.5 Å². The number of piperidine rings is 1. The number of nitrogens with zero attached hydrogens (tertiary/aromatic N) is 3. The molecule has 7 nitrogen and oxygen atoms in total. The number of sulfonamides is 1. The molecule has 1 amide bonds. The second kappa shape index (κ2) is 11.6. The molecule has 0 radical (unpaired) electrons. The predicted octanol–water partition coefficient (Wildman–Crippen LogP) is 5.52. The summed E-state index contributed by atoms with van der Waals surface area (Å²) in [5, 5.41) is 0. The molecule has 0 aromatic heterocycles. The second-order valence-electron chi connectivity index (χ2n) is 12.6. The number of amides is 1. The van der Waals surface area contributed by atoms with E-state index in [1.54, 1.807) is 31.3 Å². The van der Waals surface area contributed by atoms with Crippen molar-refractivity contribution >= 4 is 16.1 Å². The molecule has 0 unspecified atom stereocenters. The van der Waals surface area contributed by atoms with Gasteiger partial charge in [-0.05, 0) is 77.1 Å². The van der Waals surface area contributed by atoms with Crippen molar-refractivity contribution in [1.29, 1.82) is 0 Å². The van der Waals surface area contributed by atoms with Crippen molar-refractivity contribution in [3.8, 4) is 0 Å². The van der Waals surface area contributed by atoms with E-state index in [4.69, 9.17) is 4.74 Å². The van der Waals surface area contributed by atoms with Crippen LogP contribution in [0.2, 0.25) is 0 Å². The summed E-state index contributed by atoms with van der Waals surface area (Å²) in [6.07, 6.45) is 4.58. The van der Waals surface area contributed by atoms with Crippen LogP contribution in [0.15, 0.2) is 65.6 Å². The number of ether oxygens (including phenoxy) is 1. The summed E-state index contributed by atoms with van der Waals surface area (Å²) in [7, 11) is -1.92. The lowest BCUT2D eigenvalue weighted by Gasteiger charge is -2.45. The van der Waals surface area contributed by atoms with Crippen LogP contribution in [0.3, 0.4) is 0 Å². The minimum Gasteiger partial charge on any atom is -0.444 e. The highest BCUT2D eigenvalue weighted by molar-refractivity contribution is 7.89. The van der Waals surface area contributed by atoms with Gasteiger partial charge in [-0.25, -0.2) is 17.5 Å². The van der Waals surface area contributed by atoms with Gasteiger partial charge in [0.1, 0.15) is 5.60 Å². The Hall–Kier alpha value is -2.42. The van der Waals surface area contributed by atoms with E-state index < -0.39 is 15.6 Å². The maximum Gasteiger partial charge on any atom is 0.410 e. The fraction of sp³-hybridized carbons (Fsp3) is 0.581. The Labute approximate surface area is 235 Å². The van der Waals surface area contributed by atoms with E-state index in [-0.39, 0.29) is 17.0 Å². The summed E-state index contributed by atoms with van der Waals surface area (Å²) in [6.45, 7) is 11.8. The summed E-state index contributed by atoms with van der Waals surface area (Å²) in [6, 6.07) is 18.9. The molecule has 4 rings (SSSR count). The first-order valence-electron chi connectivity index (χ1n) is 14.1. The smallest absolute Gasteiger partial charge is 0.410 e. The number of benzene rings is 2. The first kappa shape index (κ1) is 29.6. The summed E-state index contributed by atoms with van der Waals surface area (Å²) in [4.78, 5) is 17.7. The van der Waals surface area contributed by atoms with Crippen LogP contribution in [0.4, 0.5) is 4.79 Å². The predicted molar refractivity (Wildman–Crippen MR) is 155 cm³/mol. The Morgan fingerprint density at radius 2 is 1.51 bits per heavy atom. The molecule has 2 fully saturated rings. The highest BCUT2D eigenvalue weighted by Gasteiger charge is 2.47. The average molecular weight is 556 g/mol. The van der Waals surface area contributed by atoms with Crippen LogP contribution < -0.4 is 0 Å². The number of likely N-dealkylation sites (N-methyl/N-ethyl adjacent to an activating group) is 1. The zero-order chi connectivity index (χ0) is 28.3. The molecule has 2 aromatic carbocycles. The molecule has 2 heterocycles. The molecular formula is C31H45N3O4S. The number of rotatable bonds is 8. The van der Waals surface area contributed by atoms with E-state index >= 15 is 0 Å². The molecule has 2 aliphatic rings. The molecule has 0 bridgehead atoms. The van der Waals surface area contributed by atoms with Gasteiger partial charge in [-0.2, -0.15) is 0 Å². The van der Waals surface area contributed by atoms with Crippen molar-refractivity contribution in [3.63, 3.8) is 0 Å². The third-order valence-corrected chi connectivity index (χ3v) is 10.3. The lowest BCUT2D eigenvalue weighted by Crippen LogP contribution is -2.55. The van der Waals surface area contributed by atoms with Crippen molar-refractivity contribution in [1.82, 2.24) is 14.1 Å². The summed E-state index contributed by atoms with van der Waals surface area (Å²) < 4.78 is 33.9. The molecular weight excluding hydrogens is 510 g/mol. The molecule has 39 heavy (non-hydrogen) atoms. The minimum absolute atomic E-state index is 0.106. The van der Waals surface area contributed by atoms with Gasteiger partial charge < -0.3 is 14.5 Å². The first-order chi connectivity index (χ1) is 18.3. The van der Waals surface area contributed by atoms with Crippen molar-refractivity contribution in [2.75, 3.05) is 39.8 Å². The molecule has 2 saturated heterocycles. The summed E-state index contributed by atoms with van der Waals surface area (Å²) >= 11 is 0. The van der Waals surface area contributed by atoms with Crippen LogP contribution in [0.1, 0.15) is 65.4 Å².